The molecular weight excluding hydrogens is 356 g/mol. The number of carbonyl (C=O) groups is 2. The molecule has 3 aromatic rings. The number of aliphatic hydroxyl groups excluding tert-OH is 2. The molecule has 0 saturated heterocycles. The fourth-order valence-corrected chi connectivity index (χ4v) is 2.99. The van der Waals surface area contributed by atoms with E-state index in [1.165, 1.54) is 36.4 Å². The van der Waals surface area contributed by atoms with Gasteiger partial charge in [0.2, 0.25) is 17.2 Å². The van der Waals surface area contributed by atoms with Crippen LogP contribution in [0.2, 0.25) is 0 Å². The first-order valence-electron chi connectivity index (χ1n) is 8.77. The number of ketones is 2. The second kappa shape index (κ2) is 8.27. The van der Waals surface area contributed by atoms with Gasteiger partial charge in [0.25, 0.3) is 0 Å². The van der Waals surface area contributed by atoms with E-state index in [0.29, 0.717) is 11.1 Å². The van der Waals surface area contributed by atoms with Crippen molar-refractivity contribution in [3.05, 3.63) is 107 Å². The van der Waals surface area contributed by atoms with Crippen molar-refractivity contribution in [2.75, 3.05) is 0 Å². The van der Waals surface area contributed by atoms with E-state index in [9.17, 15) is 24.9 Å². The van der Waals surface area contributed by atoms with E-state index >= 15 is 0 Å². The molecule has 1 unspecified atom stereocenters. The highest BCUT2D eigenvalue weighted by molar-refractivity contribution is 6.22. The van der Waals surface area contributed by atoms with Crippen molar-refractivity contribution in [3.8, 4) is 0 Å². The number of rotatable bonds is 7. The molecule has 0 aliphatic heterocycles. The third kappa shape index (κ3) is 3.64. The first-order chi connectivity index (χ1) is 13.5. The molecule has 0 aromatic heterocycles. The van der Waals surface area contributed by atoms with E-state index in [1.807, 2.05) is 0 Å². The molecule has 0 fully saturated rings. The molecule has 5 nitrogen and oxygen atoms in total. The number of aliphatic hydroxyl groups is 3. The number of carbonyl (C=O) groups excluding carboxylic acids is 2. The summed E-state index contributed by atoms with van der Waals surface area (Å²) in [6.45, 7) is -0.369. The van der Waals surface area contributed by atoms with Crippen molar-refractivity contribution < 1.29 is 24.9 Å². The number of hydrogen-bond donors (Lipinski definition) is 3. The Morgan fingerprint density at radius 1 is 0.643 bits per heavy atom. The molecule has 0 aliphatic carbocycles. The van der Waals surface area contributed by atoms with Gasteiger partial charge in [0.1, 0.15) is 0 Å². The lowest BCUT2D eigenvalue weighted by atomic mass is 9.79. The molecule has 28 heavy (non-hydrogen) atoms. The van der Waals surface area contributed by atoms with Gasteiger partial charge < -0.3 is 15.3 Å². The Morgan fingerprint density at radius 3 is 1.54 bits per heavy atom. The number of benzene rings is 3. The minimum atomic E-state index is -2.42. The molecule has 142 valence electrons. The Labute approximate surface area is 162 Å². The van der Waals surface area contributed by atoms with Crippen LogP contribution in [-0.4, -0.2) is 26.9 Å². The zero-order valence-corrected chi connectivity index (χ0v) is 15.1. The Balaban J connectivity index is 2.11. The van der Waals surface area contributed by atoms with Gasteiger partial charge >= 0.3 is 0 Å². The van der Waals surface area contributed by atoms with Crippen molar-refractivity contribution in [1.29, 1.82) is 0 Å². The van der Waals surface area contributed by atoms with E-state index in [2.05, 4.69) is 0 Å². The van der Waals surface area contributed by atoms with Crippen LogP contribution in [0, 0.1) is 0 Å². The van der Waals surface area contributed by atoms with Crippen molar-refractivity contribution in [1.82, 2.24) is 0 Å². The monoisotopic (exact) mass is 376 g/mol. The smallest absolute Gasteiger partial charge is 0.216 e. The average Bonchev–Trinajstić information content (AvgIpc) is 2.78. The van der Waals surface area contributed by atoms with Gasteiger partial charge in [-0.05, 0) is 16.7 Å². The van der Waals surface area contributed by atoms with Crippen LogP contribution in [0.1, 0.15) is 37.4 Å². The highest BCUT2D eigenvalue weighted by atomic mass is 16.3. The van der Waals surface area contributed by atoms with Crippen LogP contribution in [0.15, 0.2) is 78.9 Å². The van der Waals surface area contributed by atoms with Gasteiger partial charge in [0.05, 0.1) is 13.2 Å². The molecule has 0 heterocycles. The predicted octanol–water partition coefficient (Wildman–Crippen LogP) is 2.62. The van der Waals surface area contributed by atoms with Crippen molar-refractivity contribution in [2.45, 2.75) is 18.8 Å². The molecule has 3 rings (SSSR count). The van der Waals surface area contributed by atoms with Gasteiger partial charge in [-0.3, -0.25) is 9.59 Å². The van der Waals surface area contributed by atoms with Gasteiger partial charge in [0, 0.05) is 11.1 Å². The minimum Gasteiger partial charge on any atom is -0.392 e. The molecule has 0 bridgehead atoms. The Kier molecular flexibility index (Phi) is 5.80. The first kappa shape index (κ1) is 19.6. The first-order valence-corrected chi connectivity index (χ1v) is 8.77. The molecular formula is C23H20O5. The SMILES string of the molecule is O=C(c1ccccc1)C(O)(C(=O)c1ccc(CO)cc1)c1ccc(CO)cc1. The zero-order chi connectivity index (χ0) is 20.1. The summed E-state index contributed by atoms with van der Waals surface area (Å²) < 4.78 is 0. The molecule has 0 aliphatic rings. The van der Waals surface area contributed by atoms with E-state index in [4.69, 9.17) is 0 Å². The highest BCUT2D eigenvalue weighted by Gasteiger charge is 2.46. The molecule has 3 aromatic carbocycles. The fraction of sp³-hybridized carbons (Fsp3) is 0.130. The lowest BCUT2D eigenvalue weighted by Crippen LogP contribution is -2.44. The summed E-state index contributed by atoms with van der Waals surface area (Å²) in [5.41, 5.74) is -0.739. The van der Waals surface area contributed by atoms with Crippen LogP contribution in [-0.2, 0) is 18.8 Å². The summed E-state index contributed by atoms with van der Waals surface area (Å²) >= 11 is 0. The van der Waals surface area contributed by atoms with Gasteiger partial charge in [-0.25, -0.2) is 0 Å². The number of hydrogen-bond acceptors (Lipinski definition) is 5. The predicted molar refractivity (Wildman–Crippen MR) is 104 cm³/mol. The van der Waals surface area contributed by atoms with Crippen molar-refractivity contribution in [2.24, 2.45) is 0 Å². The third-order valence-corrected chi connectivity index (χ3v) is 4.65. The summed E-state index contributed by atoms with van der Waals surface area (Å²) in [6.07, 6.45) is 0. The van der Waals surface area contributed by atoms with Crippen LogP contribution in [0.3, 0.4) is 0 Å². The summed E-state index contributed by atoms with van der Waals surface area (Å²) in [4.78, 5) is 26.5. The lowest BCUT2D eigenvalue weighted by molar-refractivity contribution is 0.0281. The summed E-state index contributed by atoms with van der Waals surface area (Å²) in [5.74, 6) is -1.50. The second-order valence-electron chi connectivity index (χ2n) is 6.44. The molecule has 0 amide bonds. The van der Waals surface area contributed by atoms with Crippen LogP contribution in [0.25, 0.3) is 0 Å². The molecule has 5 heteroatoms. The van der Waals surface area contributed by atoms with Crippen LogP contribution in [0.4, 0.5) is 0 Å². The van der Waals surface area contributed by atoms with E-state index in [0.717, 1.165) is 0 Å². The summed E-state index contributed by atoms with van der Waals surface area (Å²) in [7, 11) is 0. The minimum absolute atomic E-state index is 0.120. The van der Waals surface area contributed by atoms with Gasteiger partial charge in [-0.2, -0.15) is 0 Å². The highest BCUT2D eigenvalue weighted by Crippen LogP contribution is 2.30. The quantitative estimate of drug-likeness (QED) is 0.435. The Hall–Kier alpha value is -3.12. The van der Waals surface area contributed by atoms with Crippen LogP contribution >= 0.6 is 0 Å². The Morgan fingerprint density at radius 2 is 1.07 bits per heavy atom. The van der Waals surface area contributed by atoms with Gasteiger partial charge in [-0.15, -0.1) is 0 Å². The molecule has 0 saturated carbocycles. The maximum atomic E-state index is 13.3. The molecule has 1 atom stereocenters. The topological polar surface area (TPSA) is 94.8 Å². The molecule has 0 spiro atoms. The lowest BCUT2D eigenvalue weighted by Gasteiger charge is -2.26. The fourth-order valence-electron chi connectivity index (χ4n) is 2.99. The van der Waals surface area contributed by atoms with Gasteiger partial charge in [0.15, 0.2) is 0 Å². The average molecular weight is 376 g/mol. The summed E-state index contributed by atoms with van der Waals surface area (Å²) in [5, 5.41) is 29.8. The molecule has 3 N–H and O–H groups in total. The Bertz CT molecular complexity index is 962. The standard InChI is InChI=1S/C23H20O5/c24-14-16-6-10-19(11-7-16)22(27)23(28,20-12-8-17(15-25)9-13-20)21(26)18-4-2-1-3-5-18/h1-13,24-25,28H,14-15H2. The normalized spacial score (nSPS) is 13.0. The molecule has 0 radical (unpaired) electrons. The zero-order valence-electron chi connectivity index (χ0n) is 15.1. The van der Waals surface area contributed by atoms with Crippen molar-refractivity contribution >= 4 is 11.6 Å². The van der Waals surface area contributed by atoms with E-state index in [1.54, 1.807) is 42.5 Å². The summed E-state index contributed by atoms with van der Waals surface area (Å²) in [6, 6.07) is 20.2. The maximum absolute atomic E-state index is 13.3. The van der Waals surface area contributed by atoms with Gasteiger partial charge in [-0.1, -0.05) is 78.9 Å². The largest absolute Gasteiger partial charge is 0.392 e. The van der Waals surface area contributed by atoms with E-state index in [-0.39, 0.29) is 29.9 Å². The second-order valence-corrected chi connectivity index (χ2v) is 6.44. The maximum Gasteiger partial charge on any atom is 0.216 e. The van der Waals surface area contributed by atoms with Crippen LogP contribution in [0.5, 0.6) is 0 Å². The van der Waals surface area contributed by atoms with Crippen LogP contribution < -0.4 is 0 Å². The van der Waals surface area contributed by atoms with Crippen molar-refractivity contribution in [3.63, 3.8) is 0 Å². The third-order valence-electron chi connectivity index (χ3n) is 4.65. The van der Waals surface area contributed by atoms with E-state index < -0.39 is 17.2 Å². The number of Topliss-reactive ketones (excluding diaryl/α,β-unsaturated/α-hetero) is 2.